The number of hydrogen-bond acceptors (Lipinski definition) is 2. The first-order chi connectivity index (χ1) is 12.6. The van der Waals surface area contributed by atoms with Gasteiger partial charge in [-0.1, -0.05) is 48.5 Å². The Morgan fingerprint density at radius 1 is 1.00 bits per heavy atom. The molecular weight excluding hydrogens is 336 g/mol. The molecule has 0 heterocycles. The van der Waals surface area contributed by atoms with E-state index in [1.54, 1.807) is 0 Å². The maximum atomic E-state index is 13.6. The summed E-state index contributed by atoms with van der Waals surface area (Å²) in [5, 5.41) is 14.5. The molecule has 1 unspecified atom stereocenters. The quantitative estimate of drug-likeness (QED) is 0.705. The molecule has 5 heteroatoms. The van der Waals surface area contributed by atoms with Crippen LogP contribution in [-0.4, -0.2) is 17.6 Å². The van der Waals surface area contributed by atoms with Crippen molar-refractivity contribution in [2.75, 3.05) is 6.61 Å². The van der Waals surface area contributed by atoms with E-state index in [2.05, 4.69) is 5.32 Å². The first-order valence-electron chi connectivity index (χ1n) is 8.40. The molecule has 0 aliphatic carbocycles. The number of rotatable bonds is 6. The Kier molecular flexibility index (Phi) is 5.58. The van der Waals surface area contributed by atoms with Crippen molar-refractivity contribution in [3.8, 4) is 0 Å². The van der Waals surface area contributed by atoms with Gasteiger partial charge in [0.15, 0.2) is 11.6 Å². The predicted molar refractivity (Wildman–Crippen MR) is 96.6 cm³/mol. The highest BCUT2D eigenvalue weighted by Gasteiger charge is 2.15. The molecule has 0 saturated carbocycles. The number of aliphatic hydroxyl groups is 1. The number of aryl methyl sites for hydroxylation is 1. The molecule has 0 aliphatic rings. The molecule has 0 aliphatic heterocycles. The van der Waals surface area contributed by atoms with E-state index < -0.39 is 17.7 Å². The monoisotopic (exact) mass is 355 g/mol. The van der Waals surface area contributed by atoms with E-state index in [1.807, 2.05) is 42.5 Å². The molecule has 0 saturated heterocycles. The van der Waals surface area contributed by atoms with Crippen LogP contribution in [0.1, 0.15) is 23.6 Å². The van der Waals surface area contributed by atoms with E-state index in [-0.39, 0.29) is 30.9 Å². The third kappa shape index (κ3) is 4.06. The van der Waals surface area contributed by atoms with Crippen LogP contribution in [0.4, 0.5) is 8.78 Å². The van der Waals surface area contributed by atoms with E-state index in [0.717, 1.165) is 22.4 Å². The average Bonchev–Trinajstić information content (AvgIpc) is 2.67. The number of benzene rings is 3. The summed E-state index contributed by atoms with van der Waals surface area (Å²) < 4.78 is 26.9. The maximum Gasteiger partial charge on any atom is 0.220 e. The lowest BCUT2D eigenvalue weighted by atomic mass is 10.0. The molecule has 3 rings (SSSR count). The molecule has 0 bridgehead atoms. The highest BCUT2D eigenvalue weighted by Crippen LogP contribution is 2.21. The molecule has 3 aromatic rings. The van der Waals surface area contributed by atoms with Gasteiger partial charge in [-0.15, -0.1) is 0 Å². The van der Waals surface area contributed by atoms with Crippen molar-refractivity contribution in [2.24, 2.45) is 0 Å². The summed E-state index contributed by atoms with van der Waals surface area (Å²) in [6.45, 7) is -0.252. The van der Waals surface area contributed by atoms with Gasteiger partial charge in [0.2, 0.25) is 5.91 Å². The molecule has 3 nitrogen and oxygen atoms in total. The molecule has 2 N–H and O–H groups in total. The highest BCUT2D eigenvalue weighted by atomic mass is 19.2. The molecule has 1 atom stereocenters. The second-order valence-corrected chi connectivity index (χ2v) is 6.12. The molecule has 3 aromatic carbocycles. The number of halogens is 2. The number of nitrogens with one attached hydrogen (secondary N) is 1. The van der Waals surface area contributed by atoms with Gasteiger partial charge in [-0.05, 0) is 40.5 Å². The van der Waals surface area contributed by atoms with Crippen LogP contribution in [0.15, 0.2) is 60.7 Å². The lowest BCUT2D eigenvalue weighted by Gasteiger charge is -2.17. The summed E-state index contributed by atoms with van der Waals surface area (Å²) >= 11 is 0. The molecule has 0 fully saturated rings. The Morgan fingerprint density at radius 2 is 1.77 bits per heavy atom. The molecular formula is C21H19F2NO2. The first-order valence-corrected chi connectivity index (χ1v) is 8.40. The summed E-state index contributed by atoms with van der Waals surface area (Å²) in [7, 11) is 0. The Hall–Kier alpha value is -2.79. The molecule has 0 radical (unpaired) electrons. The van der Waals surface area contributed by atoms with Crippen molar-refractivity contribution in [3.63, 3.8) is 0 Å². The third-order valence-electron chi connectivity index (χ3n) is 4.35. The number of carbonyl (C=O) groups is 1. The molecule has 1 amide bonds. The van der Waals surface area contributed by atoms with Crippen molar-refractivity contribution >= 4 is 16.7 Å². The fourth-order valence-corrected chi connectivity index (χ4v) is 2.92. The number of amides is 1. The van der Waals surface area contributed by atoms with Crippen molar-refractivity contribution in [1.29, 1.82) is 0 Å². The minimum Gasteiger partial charge on any atom is -0.394 e. The van der Waals surface area contributed by atoms with E-state index in [0.29, 0.717) is 0 Å². The Morgan fingerprint density at radius 3 is 2.54 bits per heavy atom. The van der Waals surface area contributed by atoms with Gasteiger partial charge in [0, 0.05) is 6.42 Å². The summed E-state index contributed by atoms with van der Waals surface area (Å²) in [5.41, 5.74) is 0.947. The van der Waals surface area contributed by atoms with E-state index in [1.165, 1.54) is 12.1 Å². The number of hydrogen-bond donors (Lipinski definition) is 2. The molecule has 0 aromatic heterocycles. The smallest absolute Gasteiger partial charge is 0.220 e. The van der Waals surface area contributed by atoms with Crippen LogP contribution in [0.3, 0.4) is 0 Å². The van der Waals surface area contributed by atoms with Gasteiger partial charge in [-0.3, -0.25) is 4.79 Å². The van der Waals surface area contributed by atoms with E-state index >= 15 is 0 Å². The lowest BCUT2D eigenvalue weighted by molar-refractivity contribution is -0.122. The van der Waals surface area contributed by atoms with E-state index in [4.69, 9.17) is 0 Å². The highest BCUT2D eigenvalue weighted by molar-refractivity contribution is 5.83. The number of carbonyl (C=O) groups excluding carboxylic acids is 1. The van der Waals surface area contributed by atoms with Crippen LogP contribution in [0.5, 0.6) is 0 Å². The molecule has 0 spiro atoms. The fraction of sp³-hybridized carbons (Fsp3) is 0.190. The minimum absolute atomic E-state index is 0.00442. The zero-order valence-corrected chi connectivity index (χ0v) is 14.1. The topological polar surface area (TPSA) is 49.3 Å². The summed E-state index contributed by atoms with van der Waals surface area (Å²) in [4.78, 5) is 12.2. The van der Waals surface area contributed by atoms with Crippen LogP contribution >= 0.6 is 0 Å². The average molecular weight is 355 g/mol. The minimum atomic E-state index is -0.924. The largest absolute Gasteiger partial charge is 0.394 e. The zero-order valence-electron chi connectivity index (χ0n) is 14.1. The van der Waals surface area contributed by atoms with Gasteiger partial charge in [-0.25, -0.2) is 8.78 Å². The predicted octanol–water partition coefficient (Wildman–Crippen LogP) is 3.90. The van der Waals surface area contributed by atoms with Crippen LogP contribution in [-0.2, 0) is 11.2 Å². The standard InChI is InChI=1S/C21H19F2NO2/c22-18-7-3-6-15(21(18)23)10-11-20(26)24-19(13-25)17-9-8-14-4-1-2-5-16(14)12-17/h1-9,12,19,25H,10-11,13H2,(H,24,26). The van der Waals surface area contributed by atoms with Crippen molar-refractivity contribution in [3.05, 3.63) is 83.4 Å². The number of aliphatic hydroxyl groups excluding tert-OH is 1. The SMILES string of the molecule is O=C(CCc1cccc(F)c1F)NC(CO)c1ccc2ccccc2c1. The summed E-state index contributed by atoms with van der Waals surface area (Å²) in [6.07, 6.45) is 0.0930. The summed E-state index contributed by atoms with van der Waals surface area (Å²) in [6, 6.07) is 16.9. The second-order valence-electron chi connectivity index (χ2n) is 6.12. The molecule has 134 valence electrons. The zero-order chi connectivity index (χ0) is 18.5. The van der Waals surface area contributed by atoms with Gasteiger partial charge < -0.3 is 10.4 Å². The van der Waals surface area contributed by atoms with E-state index in [9.17, 15) is 18.7 Å². The number of fused-ring (bicyclic) bond motifs is 1. The maximum absolute atomic E-state index is 13.6. The first kappa shape index (κ1) is 18.0. The van der Waals surface area contributed by atoms with Gasteiger partial charge >= 0.3 is 0 Å². The third-order valence-corrected chi connectivity index (χ3v) is 4.35. The van der Waals surface area contributed by atoms with Gasteiger partial charge in [0.25, 0.3) is 0 Å². The Balaban J connectivity index is 1.66. The second kappa shape index (κ2) is 8.06. The van der Waals surface area contributed by atoms with Crippen molar-refractivity contribution in [1.82, 2.24) is 5.32 Å². The van der Waals surface area contributed by atoms with Crippen LogP contribution in [0.25, 0.3) is 10.8 Å². The van der Waals surface area contributed by atoms with Gasteiger partial charge in [0.1, 0.15) is 0 Å². The normalized spacial score (nSPS) is 12.1. The van der Waals surface area contributed by atoms with Crippen molar-refractivity contribution < 1.29 is 18.7 Å². The Labute approximate surface area is 150 Å². The lowest BCUT2D eigenvalue weighted by Crippen LogP contribution is -2.31. The van der Waals surface area contributed by atoms with Crippen LogP contribution in [0, 0.1) is 11.6 Å². The van der Waals surface area contributed by atoms with Gasteiger partial charge in [0.05, 0.1) is 12.6 Å². The van der Waals surface area contributed by atoms with Gasteiger partial charge in [-0.2, -0.15) is 0 Å². The van der Waals surface area contributed by atoms with Crippen LogP contribution < -0.4 is 5.32 Å². The van der Waals surface area contributed by atoms with Crippen molar-refractivity contribution in [2.45, 2.75) is 18.9 Å². The summed E-state index contributed by atoms with van der Waals surface area (Å²) in [5.74, 6) is -2.18. The Bertz CT molecular complexity index is 927. The fourth-order valence-electron chi connectivity index (χ4n) is 2.92. The molecule has 26 heavy (non-hydrogen) atoms. The van der Waals surface area contributed by atoms with Crippen LogP contribution in [0.2, 0.25) is 0 Å².